The van der Waals surface area contributed by atoms with Crippen LogP contribution in [0.25, 0.3) is 66.4 Å². The molecule has 4 aliphatic rings. The quantitative estimate of drug-likeness (QED) is 0.142. The highest BCUT2D eigenvalue weighted by Gasteiger charge is 2.46. The zero-order chi connectivity index (χ0) is 50.2. The van der Waals surface area contributed by atoms with Crippen LogP contribution in [-0.4, -0.2) is 0 Å². The topological polar surface area (TPSA) is 6.48 Å². The second kappa shape index (κ2) is 18.0. The number of rotatable bonds is 9. The fourth-order valence-electron chi connectivity index (χ4n) is 14.4. The lowest BCUT2D eigenvalue weighted by atomic mass is 9.76. The van der Waals surface area contributed by atoms with E-state index >= 15 is 0 Å². The molecule has 11 aromatic carbocycles. The predicted octanol–water partition coefficient (Wildman–Crippen LogP) is 20.5. The molecule has 11 aromatic rings. The van der Waals surface area contributed by atoms with Crippen molar-refractivity contribution in [1.29, 1.82) is 0 Å². The van der Waals surface area contributed by atoms with Crippen LogP contribution in [0.3, 0.4) is 0 Å². The van der Waals surface area contributed by atoms with Crippen LogP contribution in [0.4, 0.5) is 34.1 Å². The Morgan fingerprint density at radius 3 is 1.32 bits per heavy atom. The van der Waals surface area contributed by atoms with Gasteiger partial charge in [-0.3, -0.25) is 0 Å². The van der Waals surface area contributed by atoms with Crippen molar-refractivity contribution in [3.63, 3.8) is 0 Å². The monoisotopic (exact) mass is 974 g/mol. The molecule has 0 unspecified atom stereocenters. The van der Waals surface area contributed by atoms with Crippen LogP contribution in [0, 0.1) is 0 Å². The Morgan fingerprint density at radius 2 is 0.671 bits per heavy atom. The zero-order valence-corrected chi connectivity index (χ0v) is 42.8. The van der Waals surface area contributed by atoms with Crippen LogP contribution in [0.15, 0.2) is 255 Å². The Kier molecular flexibility index (Phi) is 10.6. The van der Waals surface area contributed by atoms with E-state index in [1.807, 2.05) is 0 Å². The maximum absolute atomic E-state index is 2.56. The molecule has 0 heterocycles. The Hall–Kier alpha value is -8.72. The zero-order valence-electron chi connectivity index (χ0n) is 42.8. The Labute approximate surface area is 447 Å². The molecule has 0 bridgehead atoms. The van der Waals surface area contributed by atoms with E-state index in [1.54, 1.807) is 0 Å². The Morgan fingerprint density at radius 1 is 0.250 bits per heavy atom. The first kappa shape index (κ1) is 44.7. The van der Waals surface area contributed by atoms with Crippen molar-refractivity contribution < 1.29 is 0 Å². The van der Waals surface area contributed by atoms with Crippen LogP contribution in [-0.2, 0) is 10.8 Å². The van der Waals surface area contributed by atoms with Crippen molar-refractivity contribution in [2.24, 2.45) is 0 Å². The first-order chi connectivity index (χ1) is 37.6. The van der Waals surface area contributed by atoms with Crippen molar-refractivity contribution in [3.05, 3.63) is 277 Å². The van der Waals surface area contributed by atoms with Gasteiger partial charge in [-0.2, -0.15) is 0 Å². The van der Waals surface area contributed by atoms with Gasteiger partial charge in [0.15, 0.2) is 0 Å². The van der Waals surface area contributed by atoms with Crippen LogP contribution in [0.1, 0.15) is 73.6 Å². The molecule has 2 saturated carbocycles. The van der Waals surface area contributed by atoms with Gasteiger partial charge in [-0.1, -0.05) is 208 Å². The highest BCUT2D eigenvalue weighted by molar-refractivity contribution is 5.99. The molecule has 2 spiro atoms. The summed E-state index contributed by atoms with van der Waals surface area (Å²) in [5, 5.41) is 2.43. The summed E-state index contributed by atoms with van der Waals surface area (Å²) in [5.74, 6) is 0. The number of benzene rings is 11. The highest BCUT2D eigenvalue weighted by Crippen LogP contribution is 2.60. The molecule has 0 aromatic heterocycles. The molecule has 0 radical (unpaired) electrons. The van der Waals surface area contributed by atoms with Crippen LogP contribution in [0.5, 0.6) is 0 Å². The number of hydrogen-bond acceptors (Lipinski definition) is 2. The smallest absolute Gasteiger partial charge is 0.0540 e. The third kappa shape index (κ3) is 7.15. The van der Waals surface area contributed by atoms with Gasteiger partial charge in [0.25, 0.3) is 0 Å². The summed E-state index contributed by atoms with van der Waals surface area (Å²) in [6.45, 7) is 0. The summed E-state index contributed by atoms with van der Waals surface area (Å²) in [6.07, 6.45) is 10.0. The first-order valence-electron chi connectivity index (χ1n) is 27.7. The molecule has 76 heavy (non-hydrogen) atoms. The molecule has 2 nitrogen and oxygen atoms in total. The van der Waals surface area contributed by atoms with Gasteiger partial charge in [0.2, 0.25) is 0 Å². The van der Waals surface area contributed by atoms with Gasteiger partial charge in [0.1, 0.15) is 0 Å². The molecule has 0 saturated heterocycles. The van der Waals surface area contributed by atoms with Crippen LogP contribution in [0.2, 0.25) is 0 Å². The minimum Gasteiger partial charge on any atom is -0.310 e. The van der Waals surface area contributed by atoms with E-state index in [0.29, 0.717) is 0 Å². The number of fused-ring (bicyclic) bond motifs is 11. The van der Waals surface area contributed by atoms with E-state index in [0.717, 1.165) is 22.7 Å². The molecular formula is C74H58N2. The highest BCUT2D eigenvalue weighted by atomic mass is 15.1. The molecule has 2 heteroatoms. The van der Waals surface area contributed by atoms with Gasteiger partial charge >= 0.3 is 0 Å². The normalized spacial score (nSPS) is 15.2. The minimum atomic E-state index is 0.0807. The van der Waals surface area contributed by atoms with E-state index in [2.05, 4.69) is 265 Å². The van der Waals surface area contributed by atoms with Crippen LogP contribution < -0.4 is 9.80 Å². The van der Waals surface area contributed by atoms with Crippen molar-refractivity contribution in [1.82, 2.24) is 0 Å². The van der Waals surface area contributed by atoms with E-state index in [1.165, 1.54) is 151 Å². The summed E-state index contributed by atoms with van der Waals surface area (Å²) in [5.41, 5.74) is 26.1. The Bertz CT molecular complexity index is 3980. The molecular weight excluding hydrogens is 917 g/mol. The lowest BCUT2D eigenvalue weighted by molar-refractivity contribution is 0.550. The van der Waals surface area contributed by atoms with E-state index in [4.69, 9.17) is 0 Å². The Balaban J connectivity index is 0.798. The van der Waals surface area contributed by atoms with Crippen LogP contribution >= 0.6 is 0 Å². The van der Waals surface area contributed by atoms with Gasteiger partial charge in [-0.25, -0.2) is 0 Å². The van der Waals surface area contributed by atoms with Crippen molar-refractivity contribution in [3.8, 4) is 55.6 Å². The fourth-order valence-corrected chi connectivity index (χ4v) is 14.4. The average Bonchev–Trinajstić information content (AvgIpc) is 4.46. The molecule has 15 rings (SSSR count). The van der Waals surface area contributed by atoms with Crippen molar-refractivity contribution in [2.45, 2.75) is 62.2 Å². The summed E-state index contributed by atoms with van der Waals surface area (Å²) in [6, 6.07) is 95.7. The van der Waals surface area contributed by atoms with E-state index in [-0.39, 0.29) is 10.8 Å². The van der Waals surface area contributed by atoms with E-state index < -0.39 is 0 Å². The lowest BCUT2D eigenvalue weighted by Gasteiger charge is -2.31. The van der Waals surface area contributed by atoms with Crippen molar-refractivity contribution >= 4 is 44.9 Å². The minimum absolute atomic E-state index is 0.0807. The van der Waals surface area contributed by atoms with Gasteiger partial charge in [0.05, 0.1) is 5.69 Å². The average molecular weight is 975 g/mol. The summed E-state index contributed by atoms with van der Waals surface area (Å²) in [4.78, 5) is 4.94. The van der Waals surface area contributed by atoms with Gasteiger partial charge in [-0.15, -0.1) is 0 Å². The molecule has 4 aliphatic carbocycles. The molecule has 2 fully saturated rings. The molecule has 0 atom stereocenters. The number of nitrogens with zero attached hydrogens (tertiary/aromatic N) is 2. The largest absolute Gasteiger partial charge is 0.310 e. The number of hydrogen-bond donors (Lipinski definition) is 0. The second-order valence-electron chi connectivity index (χ2n) is 21.9. The third-order valence-electron chi connectivity index (χ3n) is 18.0. The lowest BCUT2D eigenvalue weighted by Crippen LogP contribution is -2.21. The maximum atomic E-state index is 2.56. The molecule has 0 amide bonds. The predicted molar refractivity (Wildman–Crippen MR) is 319 cm³/mol. The van der Waals surface area contributed by atoms with Gasteiger partial charge in [-0.05, 0) is 182 Å². The van der Waals surface area contributed by atoms with E-state index in [9.17, 15) is 0 Å². The summed E-state index contributed by atoms with van der Waals surface area (Å²) < 4.78 is 0. The second-order valence-corrected chi connectivity index (χ2v) is 21.9. The first-order valence-corrected chi connectivity index (χ1v) is 27.7. The summed E-state index contributed by atoms with van der Waals surface area (Å²) >= 11 is 0. The SMILES string of the molecule is c1ccc(-c2cccc(-c3ccc(N(c4ccc(-c5ccc(N(c6ccc7c(c6)-c6ccccc6C76CCCC6)c6ccc7c(c6)C6(CCCC6)c6ccccc6-7)cc5)cc4)c4cccc5ccccc45)cc3)c2)cc1. The third-order valence-corrected chi connectivity index (χ3v) is 18.0. The summed E-state index contributed by atoms with van der Waals surface area (Å²) in [7, 11) is 0. The molecule has 0 aliphatic heterocycles. The molecule has 364 valence electrons. The van der Waals surface area contributed by atoms with Crippen molar-refractivity contribution in [2.75, 3.05) is 9.80 Å². The van der Waals surface area contributed by atoms with Gasteiger partial charge < -0.3 is 9.80 Å². The standard InChI is InChI=1S/C74H58N2/c1-2-16-51(17-3-1)56-20-14-21-57(48-56)54-32-38-60(39-33-54)76(72-27-15-19-55-18-4-5-22-63(55)72)59-36-30-53(31-37-59)52-28-34-58(35-29-52)75(61-41-43-70-67(49-61)65-24-7-9-26-69(65)73(70)44-10-11-45-73)62-40-42-66-64-23-6-8-25-68(64)74(71(66)50-62)46-12-13-47-74/h1-9,14-43,48-50H,10-13,44-47H2. The maximum Gasteiger partial charge on any atom is 0.0540 e. The van der Waals surface area contributed by atoms with Gasteiger partial charge in [0, 0.05) is 44.7 Å². The number of anilines is 6. The fraction of sp³-hybridized carbons (Fsp3) is 0.135. The molecule has 0 N–H and O–H groups in total.